The first kappa shape index (κ1) is 12.9. The molecule has 0 aromatic carbocycles. The highest BCUT2D eigenvalue weighted by Crippen LogP contribution is 2.07. The van der Waals surface area contributed by atoms with E-state index < -0.39 is 5.97 Å². The number of aromatic nitrogens is 3. The minimum absolute atomic E-state index is 0.0920. The molecule has 0 spiro atoms. The van der Waals surface area contributed by atoms with Crippen molar-refractivity contribution in [3.05, 3.63) is 57.5 Å². The zero-order chi connectivity index (χ0) is 14.0. The van der Waals surface area contributed by atoms with Crippen molar-refractivity contribution in [2.75, 3.05) is 0 Å². The third kappa shape index (κ3) is 2.67. The van der Waals surface area contributed by atoms with Gasteiger partial charge in [-0.15, -0.1) is 0 Å². The van der Waals surface area contributed by atoms with Crippen LogP contribution in [-0.2, 0) is 6.54 Å². The Morgan fingerprint density at radius 3 is 2.79 bits per heavy atom. The number of aromatic carboxylic acids is 1. The predicted molar refractivity (Wildman–Crippen MR) is 68.3 cm³/mol. The summed E-state index contributed by atoms with van der Waals surface area (Å²) in [6.07, 6.45) is 1.50. The molecule has 0 aliphatic carbocycles. The van der Waals surface area contributed by atoms with Gasteiger partial charge in [0.05, 0.1) is 17.8 Å². The van der Waals surface area contributed by atoms with Crippen molar-refractivity contribution in [2.24, 2.45) is 0 Å². The summed E-state index contributed by atoms with van der Waals surface area (Å²) in [6, 6.07) is 4.43. The Balaban J connectivity index is 2.48. The minimum Gasteiger partial charge on any atom is -0.478 e. The van der Waals surface area contributed by atoms with Gasteiger partial charge < -0.3 is 5.11 Å². The molecular weight excluding hydrogens is 246 g/mol. The van der Waals surface area contributed by atoms with Gasteiger partial charge in [0.15, 0.2) is 0 Å². The van der Waals surface area contributed by atoms with Gasteiger partial charge in [-0.25, -0.2) is 9.78 Å². The van der Waals surface area contributed by atoms with Gasteiger partial charge in [0.25, 0.3) is 5.56 Å². The highest BCUT2D eigenvalue weighted by atomic mass is 16.4. The second-order valence-corrected chi connectivity index (χ2v) is 4.17. The summed E-state index contributed by atoms with van der Waals surface area (Å²) in [5, 5.41) is 9.08. The number of carbonyl (C=O) groups is 1. The van der Waals surface area contributed by atoms with E-state index in [4.69, 9.17) is 5.11 Å². The van der Waals surface area contributed by atoms with Crippen molar-refractivity contribution < 1.29 is 9.90 Å². The van der Waals surface area contributed by atoms with E-state index in [1.54, 1.807) is 19.9 Å². The Bertz CT molecular complexity index is 692. The molecular formula is C13H13N3O3. The van der Waals surface area contributed by atoms with Gasteiger partial charge in [-0.1, -0.05) is 0 Å². The summed E-state index contributed by atoms with van der Waals surface area (Å²) in [7, 11) is 0. The van der Waals surface area contributed by atoms with Crippen LogP contribution in [0.5, 0.6) is 0 Å². The molecule has 2 aromatic rings. The average Bonchev–Trinajstić information content (AvgIpc) is 2.34. The van der Waals surface area contributed by atoms with Crippen LogP contribution in [0.3, 0.4) is 0 Å². The highest BCUT2D eigenvalue weighted by Gasteiger charge is 2.12. The van der Waals surface area contributed by atoms with Crippen molar-refractivity contribution in [2.45, 2.75) is 20.4 Å². The van der Waals surface area contributed by atoms with E-state index in [9.17, 15) is 9.59 Å². The Morgan fingerprint density at radius 1 is 1.42 bits per heavy atom. The van der Waals surface area contributed by atoms with Crippen LogP contribution in [0, 0.1) is 13.8 Å². The number of carboxylic acids is 1. The van der Waals surface area contributed by atoms with Gasteiger partial charge in [-0.3, -0.25) is 14.3 Å². The maximum atomic E-state index is 11.9. The Labute approximate surface area is 109 Å². The molecule has 0 aliphatic rings. The molecule has 0 aliphatic heterocycles. The number of nitrogens with zero attached hydrogens (tertiary/aromatic N) is 3. The number of aryl methyl sites for hydroxylation is 2. The summed E-state index contributed by atoms with van der Waals surface area (Å²) in [5.41, 5.74) is 0.852. The number of carboxylic acid groups (broad SMARTS) is 1. The van der Waals surface area contributed by atoms with Crippen molar-refractivity contribution in [1.82, 2.24) is 14.5 Å². The lowest BCUT2D eigenvalue weighted by atomic mass is 10.2. The molecule has 0 radical (unpaired) electrons. The van der Waals surface area contributed by atoms with Crippen molar-refractivity contribution in [3.63, 3.8) is 0 Å². The summed E-state index contributed by atoms with van der Waals surface area (Å²) in [6.45, 7) is 3.54. The number of rotatable bonds is 3. The van der Waals surface area contributed by atoms with Crippen LogP contribution in [0.4, 0.5) is 0 Å². The molecule has 19 heavy (non-hydrogen) atoms. The van der Waals surface area contributed by atoms with E-state index in [2.05, 4.69) is 9.97 Å². The number of pyridine rings is 1. The van der Waals surface area contributed by atoms with Crippen LogP contribution >= 0.6 is 0 Å². The van der Waals surface area contributed by atoms with Gasteiger partial charge in [-0.2, -0.15) is 0 Å². The smallest absolute Gasteiger partial charge is 0.337 e. The van der Waals surface area contributed by atoms with E-state index >= 15 is 0 Å². The first-order valence-electron chi connectivity index (χ1n) is 5.71. The molecule has 98 valence electrons. The maximum absolute atomic E-state index is 11.9. The van der Waals surface area contributed by atoms with Crippen LogP contribution in [0.25, 0.3) is 0 Å². The Morgan fingerprint density at radius 2 is 2.16 bits per heavy atom. The molecule has 0 fully saturated rings. The lowest BCUT2D eigenvalue weighted by molar-refractivity contribution is 0.0695. The molecule has 0 unspecified atom stereocenters. The molecule has 0 atom stereocenters. The van der Waals surface area contributed by atoms with Crippen LogP contribution in [0.2, 0.25) is 0 Å². The van der Waals surface area contributed by atoms with Gasteiger partial charge in [0.1, 0.15) is 5.82 Å². The third-order valence-electron chi connectivity index (χ3n) is 2.76. The molecule has 6 heteroatoms. The van der Waals surface area contributed by atoms with Crippen LogP contribution in [0.1, 0.15) is 27.6 Å². The maximum Gasteiger partial charge on any atom is 0.337 e. The van der Waals surface area contributed by atoms with Gasteiger partial charge >= 0.3 is 5.97 Å². The first-order chi connectivity index (χ1) is 8.99. The van der Waals surface area contributed by atoms with Crippen LogP contribution in [-0.4, -0.2) is 25.6 Å². The van der Waals surface area contributed by atoms with E-state index in [1.165, 1.54) is 22.9 Å². The monoisotopic (exact) mass is 259 g/mol. The SMILES string of the molecule is Cc1cc(=O)n(Cc2ncccc2C(=O)O)c(C)n1. The average molecular weight is 259 g/mol. The van der Waals surface area contributed by atoms with Crippen LogP contribution < -0.4 is 5.56 Å². The fourth-order valence-corrected chi connectivity index (χ4v) is 1.86. The first-order valence-corrected chi connectivity index (χ1v) is 5.71. The Kier molecular flexibility index (Phi) is 3.41. The quantitative estimate of drug-likeness (QED) is 0.888. The zero-order valence-corrected chi connectivity index (χ0v) is 10.6. The summed E-state index contributed by atoms with van der Waals surface area (Å²) in [5.74, 6) is -0.527. The highest BCUT2D eigenvalue weighted by molar-refractivity contribution is 5.88. The third-order valence-corrected chi connectivity index (χ3v) is 2.76. The molecule has 1 N–H and O–H groups in total. The number of hydrogen-bond donors (Lipinski definition) is 1. The molecule has 0 bridgehead atoms. The Hall–Kier alpha value is -2.50. The lowest BCUT2D eigenvalue weighted by Crippen LogP contribution is -2.25. The summed E-state index contributed by atoms with van der Waals surface area (Å²) < 4.78 is 1.40. The molecule has 0 amide bonds. The molecule has 0 saturated heterocycles. The summed E-state index contributed by atoms with van der Waals surface area (Å²) >= 11 is 0. The van der Waals surface area contributed by atoms with E-state index in [1.807, 2.05) is 0 Å². The van der Waals surface area contributed by atoms with Crippen LogP contribution in [0.15, 0.2) is 29.2 Å². The number of hydrogen-bond acceptors (Lipinski definition) is 4. The van der Waals surface area contributed by atoms with E-state index in [0.717, 1.165) is 0 Å². The molecule has 0 saturated carbocycles. The molecule has 2 heterocycles. The largest absolute Gasteiger partial charge is 0.478 e. The molecule has 2 aromatic heterocycles. The van der Waals surface area contributed by atoms with Crippen molar-refractivity contribution in [3.8, 4) is 0 Å². The van der Waals surface area contributed by atoms with Crippen molar-refractivity contribution >= 4 is 5.97 Å². The fourth-order valence-electron chi connectivity index (χ4n) is 1.86. The van der Waals surface area contributed by atoms with Gasteiger partial charge in [0, 0.05) is 18.0 Å². The molecule has 2 rings (SSSR count). The topological polar surface area (TPSA) is 85.1 Å². The standard InChI is InChI=1S/C13H13N3O3/c1-8-6-12(17)16(9(2)15-8)7-11-10(13(18)19)4-3-5-14-11/h3-6H,7H2,1-2H3,(H,18,19). The predicted octanol–water partition coefficient (Wildman–Crippen LogP) is 1.00. The van der Waals surface area contributed by atoms with Crippen molar-refractivity contribution in [1.29, 1.82) is 0 Å². The van der Waals surface area contributed by atoms with Gasteiger partial charge in [0.2, 0.25) is 0 Å². The zero-order valence-electron chi connectivity index (χ0n) is 10.6. The normalized spacial score (nSPS) is 10.4. The molecule has 6 nitrogen and oxygen atoms in total. The minimum atomic E-state index is -1.06. The van der Waals surface area contributed by atoms with E-state index in [0.29, 0.717) is 17.2 Å². The lowest BCUT2D eigenvalue weighted by Gasteiger charge is -2.10. The fraction of sp³-hybridized carbons (Fsp3) is 0.231. The van der Waals surface area contributed by atoms with Gasteiger partial charge in [-0.05, 0) is 26.0 Å². The van der Waals surface area contributed by atoms with E-state index in [-0.39, 0.29) is 17.7 Å². The summed E-state index contributed by atoms with van der Waals surface area (Å²) in [4.78, 5) is 31.2. The second kappa shape index (κ2) is 5.01. The second-order valence-electron chi connectivity index (χ2n) is 4.17.